The molecule has 1 aliphatic rings. The van der Waals surface area contributed by atoms with Crippen molar-refractivity contribution in [3.63, 3.8) is 0 Å². The van der Waals surface area contributed by atoms with Crippen LogP contribution in [0.2, 0.25) is 10.0 Å². The van der Waals surface area contributed by atoms with Crippen LogP contribution in [0.5, 0.6) is 0 Å². The molecule has 0 atom stereocenters. The van der Waals surface area contributed by atoms with Crippen LogP contribution in [0.4, 0.5) is 5.13 Å². The normalized spacial score (nSPS) is 15.8. The molecule has 1 saturated carbocycles. The fraction of sp³-hybridized carbons (Fsp3) is 0.353. The molecule has 1 heterocycles. The van der Waals surface area contributed by atoms with Gasteiger partial charge in [-0.3, -0.25) is 10.1 Å². The Bertz CT molecular complexity index is 734. The lowest BCUT2D eigenvalue weighted by Gasteiger charge is -2.18. The van der Waals surface area contributed by atoms with E-state index in [1.54, 1.807) is 24.3 Å². The van der Waals surface area contributed by atoms with Gasteiger partial charge < -0.3 is 0 Å². The topological polar surface area (TPSA) is 54.9 Å². The predicted molar refractivity (Wildman–Crippen MR) is 99.9 cm³/mol. The molecule has 2 aromatic rings. The highest BCUT2D eigenvalue weighted by molar-refractivity contribution is 7.15. The molecule has 126 valence electrons. The van der Waals surface area contributed by atoms with Crippen LogP contribution in [0.1, 0.15) is 48.6 Å². The Morgan fingerprint density at radius 2 is 1.88 bits per heavy atom. The largest absolute Gasteiger partial charge is 0.297 e. The van der Waals surface area contributed by atoms with E-state index in [0.29, 0.717) is 26.7 Å². The van der Waals surface area contributed by atoms with Crippen molar-refractivity contribution in [1.29, 1.82) is 0 Å². The summed E-state index contributed by atoms with van der Waals surface area (Å²) in [5.74, 6) is 0.205. The molecule has 1 aromatic heterocycles. The molecule has 1 aliphatic carbocycles. The summed E-state index contributed by atoms with van der Waals surface area (Å²) < 4.78 is 0. The molecule has 1 fully saturated rings. The molecule has 1 amide bonds. The third-order valence-corrected chi connectivity index (χ3v) is 5.69. The number of hydrogen-bond acceptors (Lipinski definition) is 4. The summed E-state index contributed by atoms with van der Waals surface area (Å²) in [6.07, 6.45) is 9.10. The molecule has 0 spiro atoms. The average Bonchev–Trinajstić information content (AvgIpc) is 3.03. The highest BCUT2D eigenvalue weighted by Crippen LogP contribution is 2.35. The van der Waals surface area contributed by atoms with Crippen LogP contribution in [-0.4, -0.2) is 16.1 Å². The predicted octanol–water partition coefficient (Wildman–Crippen LogP) is 5.54. The Kier molecular flexibility index (Phi) is 5.87. The van der Waals surface area contributed by atoms with Crippen LogP contribution in [0.15, 0.2) is 24.3 Å². The second-order valence-electron chi connectivity index (χ2n) is 5.74. The van der Waals surface area contributed by atoms with Crippen LogP contribution >= 0.6 is 34.5 Å². The van der Waals surface area contributed by atoms with E-state index in [4.69, 9.17) is 23.2 Å². The lowest BCUT2D eigenvalue weighted by atomic mass is 9.90. The van der Waals surface area contributed by atoms with E-state index in [2.05, 4.69) is 15.5 Å². The maximum Gasteiger partial charge on any atom is 0.250 e. The molecule has 1 N–H and O–H groups in total. The summed E-state index contributed by atoms with van der Waals surface area (Å²) in [6.45, 7) is 0. The first-order chi connectivity index (χ1) is 11.6. The number of carbonyl (C=O) groups is 1. The van der Waals surface area contributed by atoms with Crippen molar-refractivity contribution in [2.75, 3.05) is 5.32 Å². The molecule has 0 unspecified atom stereocenters. The van der Waals surface area contributed by atoms with Crippen LogP contribution < -0.4 is 5.32 Å². The molecule has 0 aliphatic heterocycles. The number of nitrogens with one attached hydrogen (secondary N) is 1. The summed E-state index contributed by atoms with van der Waals surface area (Å²) >= 11 is 13.6. The van der Waals surface area contributed by atoms with E-state index in [-0.39, 0.29) is 5.91 Å². The molecule has 0 bridgehead atoms. The Balaban J connectivity index is 1.63. The van der Waals surface area contributed by atoms with Crippen LogP contribution in [-0.2, 0) is 4.79 Å². The number of rotatable bonds is 4. The smallest absolute Gasteiger partial charge is 0.250 e. The van der Waals surface area contributed by atoms with Gasteiger partial charge in [0.1, 0.15) is 5.01 Å². The van der Waals surface area contributed by atoms with E-state index in [1.165, 1.54) is 36.7 Å². The van der Waals surface area contributed by atoms with Crippen molar-refractivity contribution in [1.82, 2.24) is 10.2 Å². The van der Waals surface area contributed by atoms with E-state index in [9.17, 15) is 4.79 Å². The molecule has 1 aromatic carbocycles. The molecule has 3 rings (SSSR count). The van der Waals surface area contributed by atoms with Crippen molar-refractivity contribution in [3.8, 4) is 0 Å². The SMILES string of the molecule is O=C(/C=C/c1c(Cl)cccc1Cl)Nc1nnc(C2CCCCC2)s1. The second kappa shape index (κ2) is 8.10. The Morgan fingerprint density at radius 1 is 1.17 bits per heavy atom. The zero-order chi connectivity index (χ0) is 16.9. The molecule has 0 saturated heterocycles. The number of carbonyl (C=O) groups excluding carboxylic acids is 1. The van der Waals surface area contributed by atoms with E-state index >= 15 is 0 Å². The zero-order valence-electron chi connectivity index (χ0n) is 13.0. The van der Waals surface area contributed by atoms with Gasteiger partial charge in [-0.15, -0.1) is 10.2 Å². The van der Waals surface area contributed by atoms with Gasteiger partial charge in [0, 0.05) is 27.6 Å². The van der Waals surface area contributed by atoms with Crippen LogP contribution in [0.25, 0.3) is 6.08 Å². The summed E-state index contributed by atoms with van der Waals surface area (Å²) in [7, 11) is 0. The van der Waals surface area contributed by atoms with Crippen molar-refractivity contribution >= 4 is 51.7 Å². The van der Waals surface area contributed by atoms with Crippen molar-refractivity contribution in [2.24, 2.45) is 0 Å². The minimum atomic E-state index is -0.280. The van der Waals surface area contributed by atoms with Crippen molar-refractivity contribution < 1.29 is 4.79 Å². The van der Waals surface area contributed by atoms with Gasteiger partial charge in [0.15, 0.2) is 0 Å². The molecule has 0 radical (unpaired) electrons. The standard InChI is InChI=1S/C17H17Cl2N3OS/c18-13-7-4-8-14(19)12(13)9-10-15(23)20-17-22-21-16(24-17)11-5-2-1-3-6-11/h4,7-11H,1-3,5-6H2,(H,20,22,23)/b10-9+. The maximum absolute atomic E-state index is 12.0. The van der Waals surface area contributed by atoms with Gasteiger partial charge in [-0.2, -0.15) is 0 Å². The maximum atomic E-state index is 12.0. The lowest BCUT2D eigenvalue weighted by Crippen LogP contribution is -2.07. The molecule has 7 heteroatoms. The highest BCUT2D eigenvalue weighted by Gasteiger charge is 2.19. The third-order valence-electron chi connectivity index (χ3n) is 4.03. The molecule has 24 heavy (non-hydrogen) atoms. The van der Waals surface area contributed by atoms with Gasteiger partial charge in [0.25, 0.3) is 0 Å². The third kappa shape index (κ3) is 4.35. The summed E-state index contributed by atoms with van der Waals surface area (Å²) in [5, 5.41) is 13.6. The molecular formula is C17H17Cl2N3OS. The lowest BCUT2D eigenvalue weighted by molar-refractivity contribution is -0.111. The van der Waals surface area contributed by atoms with Gasteiger partial charge in [0.05, 0.1) is 0 Å². The van der Waals surface area contributed by atoms with E-state index < -0.39 is 0 Å². The minimum Gasteiger partial charge on any atom is -0.297 e. The van der Waals surface area contributed by atoms with Crippen molar-refractivity contribution in [2.45, 2.75) is 38.0 Å². The summed E-state index contributed by atoms with van der Waals surface area (Å²) in [5.41, 5.74) is 0.621. The Labute approximate surface area is 154 Å². The summed E-state index contributed by atoms with van der Waals surface area (Å²) in [4.78, 5) is 12.0. The average molecular weight is 382 g/mol. The van der Waals surface area contributed by atoms with Crippen LogP contribution in [0.3, 0.4) is 0 Å². The number of nitrogens with zero attached hydrogens (tertiary/aromatic N) is 2. The molecular weight excluding hydrogens is 365 g/mol. The zero-order valence-corrected chi connectivity index (χ0v) is 15.3. The number of benzene rings is 1. The van der Waals surface area contributed by atoms with E-state index in [1.807, 2.05) is 0 Å². The fourth-order valence-electron chi connectivity index (χ4n) is 2.78. The van der Waals surface area contributed by atoms with Crippen LogP contribution in [0, 0.1) is 0 Å². The highest BCUT2D eigenvalue weighted by atomic mass is 35.5. The van der Waals surface area contributed by atoms with Gasteiger partial charge in [0.2, 0.25) is 11.0 Å². The first kappa shape index (κ1) is 17.4. The van der Waals surface area contributed by atoms with Gasteiger partial charge >= 0.3 is 0 Å². The summed E-state index contributed by atoms with van der Waals surface area (Å²) in [6, 6.07) is 5.22. The fourth-order valence-corrected chi connectivity index (χ4v) is 4.21. The Hall–Kier alpha value is -1.43. The number of anilines is 1. The number of aromatic nitrogens is 2. The first-order valence-corrected chi connectivity index (χ1v) is 9.47. The minimum absolute atomic E-state index is 0.280. The number of halogens is 2. The quantitative estimate of drug-likeness (QED) is 0.706. The number of amides is 1. The van der Waals surface area contributed by atoms with Gasteiger partial charge in [-0.25, -0.2) is 0 Å². The Morgan fingerprint density at radius 3 is 2.58 bits per heavy atom. The first-order valence-electron chi connectivity index (χ1n) is 7.90. The monoisotopic (exact) mass is 381 g/mol. The van der Waals surface area contributed by atoms with E-state index in [0.717, 1.165) is 17.8 Å². The number of hydrogen-bond donors (Lipinski definition) is 1. The molecule has 4 nitrogen and oxygen atoms in total. The van der Waals surface area contributed by atoms with Gasteiger partial charge in [-0.05, 0) is 31.1 Å². The van der Waals surface area contributed by atoms with Crippen molar-refractivity contribution in [3.05, 3.63) is 44.9 Å². The van der Waals surface area contributed by atoms with Gasteiger partial charge in [-0.1, -0.05) is 59.9 Å². The second-order valence-corrected chi connectivity index (χ2v) is 7.56.